The van der Waals surface area contributed by atoms with Crippen LogP contribution in [0.2, 0.25) is 0 Å². The number of thioether (sulfide) groups is 1. The molecule has 18 heavy (non-hydrogen) atoms. The van der Waals surface area contributed by atoms with E-state index in [1.807, 2.05) is 30.3 Å². The molecular formula is C12H10N4OS. The molecule has 0 fully saturated rings. The molecule has 1 aromatic carbocycles. The molecule has 0 amide bonds. The molecule has 6 heteroatoms. The molecule has 0 radical (unpaired) electrons. The SMILES string of the molecule is Nc1nnc(CSc2cccc3cccnc23)o1. The zero-order chi connectivity index (χ0) is 12.4. The average Bonchev–Trinajstić information content (AvgIpc) is 2.82. The van der Waals surface area contributed by atoms with Crippen LogP contribution < -0.4 is 5.73 Å². The molecule has 2 heterocycles. The van der Waals surface area contributed by atoms with Gasteiger partial charge in [-0.1, -0.05) is 23.3 Å². The highest BCUT2D eigenvalue weighted by Crippen LogP contribution is 2.28. The van der Waals surface area contributed by atoms with E-state index in [9.17, 15) is 0 Å². The van der Waals surface area contributed by atoms with Gasteiger partial charge in [0.05, 0.1) is 11.3 Å². The summed E-state index contributed by atoms with van der Waals surface area (Å²) in [4.78, 5) is 5.47. The summed E-state index contributed by atoms with van der Waals surface area (Å²) in [6, 6.07) is 10.1. The maximum Gasteiger partial charge on any atom is 0.312 e. The normalized spacial score (nSPS) is 10.9. The molecule has 0 saturated heterocycles. The zero-order valence-electron chi connectivity index (χ0n) is 9.41. The van der Waals surface area contributed by atoms with Crippen molar-refractivity contribution in [3.8, 4) is 0 Å². The average molecular weight is 258 g/mol. The van der Waals surface area contributed by atoms with Crippen LogP contribution in [0, 0.1) is 0 Å². The number of hydrogen-bond acceptors (Lipinski definition) is 6. The minimum atomic E-state index is 0.0987. The van der Waals surface area contributed by atoms with Crippen molar-refractivity contribution in [2.75, 3.05) is 5.73 Å². The summed E-state index contributed by atoms with van der Waals surface area (Å²) in [5, 5.41) is 8.57. The van der Waals surface area contributed by atoms with Crippen LogP contribution in [-0.2, 0) is 5.75 Å². The van der Waals surface area contributed by atoms with E-state index in [0.29, 0.717) is 11.6 Å². The Balaban J connectivity index is 1.86. The molecule has 0 aliphatic rings. The Kier molecular flexibility index (Phi) is 2.85. The molecule has 0 spiro atoms. The molecule has 2 aromatic heterocycles. The zero-order valence-corrected chi connectivity index (χ0v) is 10.2. The predicted octanol–water partition coefficient (Wildman–Crippen LogP) is 2.49. The van der Waals surface area contributed by atoms with Crippen molar-refractivity contribution in [2.45, 2.75) is 10.6 Å². The number of fused-ring (bicyclic) bond motifs is 1. The first-order valence-electron chi connectivity index (χ1n) is 5.37. The van der Waals surface area contributed by atoms with Crippen LogP contribution in [0.3, 0.4) is 0 Å². The highest BCUT2D eigenvalue weighted by Gasteiger charge is 2.06. The van der Waals surface area contributed by atoms with E-state index in [0.717, 1.165) is 15.8 Å². The van der Waals surface area contributed by atoms with Crippen LogP contribution in [0.5, 0.6) is 0 Å². The fraction of sp³-hybridized carbons (Fsp3) is 0.0833. The topological polar surface area (TPSA) is 77.8 Å². The summed E-state index contributed by atoms with van der Waals surface area (Å²) in [6.07, 6.45) is 1.79. The smallest absolute Gasteiger partial charge is 0.312 e. The van der Waals surface area contributed by atoms with E-state index >= 15 is 0 Å². The van der Waals surface area contributed by atoms with Gasteiger partial charge >= 0.3 is 6.01 Å². The van der Waals surface area contributed by atoms with Gasteiger partial charge in [-0.15, -0.1) is 16.9 Å². The highest BCUT2D eigenvalue weighted by atomic mass is 32.2. The summed E-state index contributed by atoms with van der Waals surface area (Å²) < 4.78 is 5.13. The standard InChI is InChI=1S/C12H10N4OS/c13-12-16-15-10(17-12)7-18-9-5-1-3-8-4-2-6-14-11(8)9/h1-6H,7H2,(H2,13,16). The van der Waals surface area contributed by atoms with Gasteiger partial charge in [0.2, 0.25) is 5.89 Å². The van der Waals surface area contributed by atoms with Gasteiger partial charge in [-0.25, -0.2) is 0 Å². The first-order chi connectivity index (χ1) is 8.83. The maximum atomic E-state index is 5.38. The van der Waals surface area contributed by atoms with Crippen LogP contribution >= 0.6 is 11.8 Å². The third kappa shape index (κ3) is 2.14. The lowest BCUT2D eigenvalue weighted by atomic mass is 10.2. The molecule has 0 aliphatic carbocycles. The van der Waals surface area contributed by atoms with E-state index in [1.165, 1.54) is 0 Å². The van der Waals surface area contributed by atoms with E-state index < -0.39 is 0 Å². The quantitative estimate of drug-likeness (QED) is 0.727. The number of rotatable bonds is 3. The third-order valence-electron chi connectivity index (χ3n) is 2.43. The van der Waals surface area contributed by atoms with Crippen molar-refractivity contribution >= 4 is 28.7 Å². The molecule has 3 aromatic rings. The second kappa shape index (κ2) is 4.66. The largest absolute Gasteiger partial charge is 0.407 e. The fourth-order valence-corrected chi connectivity index (χ4v) is 2.53. The summed E-state index contributed by atoms with van der Waals surface area (Å²) in [5.41, 5.74) is 6.36. The van der Waals surface area contributed by atoms with Gasteiger partial charge in [0.1, 0.15) is 0 Å². The third-order valence-corrected chi connectivity index (χ3v) is 3.46. The van der Waals surface area contributed by atoms with Crippen LogP contribution in [0.4, 0.5) is 6.01 Å². The minimum absolute atomic E-state index is 0.0987. The number of para-hydroxylation sites is 1. The monoisotopic (exact) mass is 258 g/mol. The van der Waals surface area contributed by atoms with Gasteiger partial charge in [-0.3, -0.25) is 4.98 Å². The maximum absolute atomic E-state index is 5.38. The van der Waals surface area contributed by atoms with E-state index in [4.69, 9.17) is 10.2 Å². The number of nitrogen functional groups attached to an aromatic ring is 1. The lowest BCUT2D eigenvalue weighted by Crippen LogP contribution is -1.84. The van der Waals surface area contributed by atoms with E-state index in [1.54, 1.807) is 18.0 Å². The number of nitrogens with two attached hydrogens (primary N) is 1. The van der Waals surface area contributed by atoms with Crippen molar-refractivity contribution in [1.82, 2.24) is 15.2 Å². The molecule has 5 nitrogen and oxygen atoms in total. The Labute approximate surface area is 107 Å². The van der Waals surface area contributed by atoms with Gasteiger partial charge < -0.3 is 10.2 Å². The Morgan fingerprint density at radius 2 is 2.06 bits per heavy atom. The van der Waals surface area contributed by atoms with E-state index in [-0.39, 0.29) is 6.01 Å². The van der Waals surface area contributed by atoms with Crippen LogP contribution in [0.25, 0.3) is 10.9 Å². The van der Waals surface area contributed by atoms with Crippen LogP contribution in [0.15, 0.2) is 45.8 Å². The molecule has 0 unspecified atom stereocenters. The number of pyridine rings is 1. The predicted molar refractivity (Wildman–Crippen MR) is 70.0 cm³/mol. The van der Waals surface area contributed by atoms with Crippen LogP contribution in [-0.4, -0.2) is 15.2 Å². The summed E-state index contributed by atoms with van der Waals surface area (Å²) >= 11 is 1.60. The number of nitrogens with zero attached hydrogens (tertiary/aromatic N) is 3. The minimum Gasteiger partial charge on any atom is -0.407 e. The Hall–Kier alpha value is -2.08. The number of aromatic nitrogens is 3. The summed E-state index contributed by atoms with van der Waals surface area (Å²) in [5.74, 6) is 1.10. The number of benzene rings is 1. The lowest BCUT2D eigenvalue weighted by Gasteiger charge is -2.03. The molecule has 0 saturated carbocycles. The van der Waals surface area contributed by atoms with Gasteiger partial charge in [-0.05, 0) is 12.1 Å². The first kappa shape index (κ1) is 11.0. The Morgan fingerprint density at radius 1 is 1.17 bits per heavy atom. The van der Waals surface area contributed by atoms with Gasteiger partial charge in [-0.2, -0.15) is 0 Å². The van der Waals surface area contributed by atoms with Gasteiger partial charge in [0.25, 0.3) is 0 Å². The number of hydrogen-bond donors (Lipinski definition) is 1. The summed E-state index contributed by atoms with van der Waals surface area (Å²) in [7, 11) is 0. The molecular weight excluding hydrogens is 248 g/mol. The fourth-order valence-electron chi connectivity index (χ4n) is 1.66. The van der Waals surface area contributed by atoms with Crippen molar-refractivity contribution in [3.63, 3.8) is 0 Å². The molecule has 90 valence electrons. The second-order valence-electron chi connectivity index (χ2n) is 3.65. The lowest BCUT2D eigenvalue weighted by molar-refractivity contribution is 0.533. The van der Waals surface area contributed by atoms with Crippen molar-refractivity contribution in [1.29, 1.82) is 0 Å². The van der Waals surface area contributed by atoms with E-state index in [2.05, 4.69) is 15.2 Å². The number of anilines is 1. The first-order valence-corrected chi connectivity index (χ1v) is 6.36. The molecule has 0 aliphatic heterocycles. The van der Waals surface area contributed by atoms with Crippen molar-refractivity contribution in [2.24, 2.45) is 0 Å². The Bertz CT molecular complexity index is 677. The molecule has 3 rings (SSSR count). The second-order valence-corrected chi connectivity index (χ2v) is 4.67. The molecule has 0 atom stereocenters. The Morgan fingerprint density at radius 3 is 2.89 bits per heavy atom. The van der Waals surface area contributed by atoms with Crippen molar-refractivity contribution < 1.29 is 4.42 Å². The highest BCUT2D eigenvalue weighted by molar-refractivity contribution is 7.98. The van der Waals surface area contributed by atoms with Gasteiger partial charge in [0, 0.05) is 16.5 Å². The van der Waals surface area contributed by atoms with Crippen LogP contribution in [0.1, 0.15) is 5.89 Å². The summed E-state index contributed by atoms with van der Waals surface area (Å²) in [6.45, 7) is 0. The van der Waals surface area contributed by atoms with Gasteiger partial charge in [0.15, 0.2) is 0 Å². The molecule has 2 N–H and O–H groups in total. The van der Waals surface area contributed by atoms with Crippen molar-refractivity contribution in [3.05, 3.63) is 42.4 Å². The molecule has 0 bridgehead atoms.